The molecule has 0 radical (unpaired) electrons. The summed E-state index contributed by atoms with van der Waals surface area (Å²) in [6, 6.07) is 10.2. The Kier molecular flexibility index (Phi) is 4.25. The van der Waals surface area contributed by atoms with Crippen molar-refractivity contribution in [1.29, 1.82) is 0 Å². The Morgan fingerprint density at radius 1 is 1.28 bits per heavy atom. The summed E-state index contributed by atoms with van der Waals surface area (Å²) in [5.41, 5.74) is 3.29. The highest BCUT2D eigenvalue weighted by atomic mass is 32.1. The monoisotopic (exact) mass is 351 g/mol. The maximum Gasteiger partial charge on any atom is 0.232 e. The average molecular weight is 351 g/mol. The maximum atomic E-state index is 12.9. The van der Waals surface area contributed by atoms with Crippen molar-refractivity contribution in [2.24, 2.45) is 5.92 Å². The van der Waals surface area contributed by atoms with Crippen LogP contribution < -0.4 is 4.90 Å². The first kappa shape index (κ1) is 16.2. The van der Waals surface area contributed by atoms with Gasteiger partial charge in [-0.15, -0.1) is 0 Å². The average Bonchev–Trinajstić information content (AvgIpc) is 3.38. The van der Waals surface area contributed by atoms with Gasteiger partial charge in [-0.2, -0.15) is 0 Å². The molecule has 2 aromatic heterocycles. The maximum absolute atomic E-state index is 12.9. The summed E-state index contributed by atoms with van der Waals surface area (Å²) >= 11 is 1.60. The normalized spacial score (nSPS) is 14.2. The molecule has 4 nitrogen and oxygen atoms in total. The lowest BCUT2D eigenvalue weighted by molar-refractivity contribution is -0.119. The van der Waals surface area contributed by atoms with Gasteiger partial charge in [0.25, 0.3) is 0 Å². The number of thiazole rings is 1. The molecule has 0 bridgehead atoms. The van der Waals surface area contributed by atoms with Crippen molar-refractivity contribution in [2.45, 2.75) is 39.2 Å². The minimum Gasteiger partial charge on any atom is -0.283 e. The summed E-state index contributed by atoms with van der Waals surface area (Å²) in [6.45, 7) is 4.88. The SMILES string of the molecule is CC(C)c1cccc2sc(N(Cc3cccnc3)C(=O)C3CC3)nc12. The van der Waals surface area contributed by atoms with Crippen LogP contribution in [0, 0.1) is 5.92 Å². The second-order valence-corrected chi connectivity index (χ2v) is 7.91. The third-order valence-corrected chi connectivity index (χ3v) is 5.59. The molecule has 1 saturated carbocycles. The molecule has 0 saturated heterocycles. The summed E-state index contributed by atoms with van der Waals surface area (Å²) in [5.74, 6) is 0.756. The molecule has 5 heteroatoms. The van der Waals surface area contributed by atoms with E-state index in [0.29, 0.717) is 12.5 Å². The fraction of sp³-hybridized carbons (Fsp3) is 0.350. The molecule has 0 unspecified atom stereocenters. The summed E-state index contributed by atoms with van der Waals surface area (Å²) < 4.78 is 1.14. The Hall–Kier alpha value is -2.27. The van der Waals surface area contributed by atoms with E-state index in [0.717, 1.165) is 33.8 Å². The second-order valence-electron chi connectivity index (χ2n) is 6.91. The fourth-order valence-corrected chi connectivity index (χ4v) is 4.01. The zero-order valence-electron chi connectivity index (χ0n) is 14.5. The molecule has 4 rings (SSSR count). The van der Waals surface area contributed by atoms with Crippen molar-refractivity contribution in [3.8, 4) is 0 Å². The molecule has 1 amide bonds. The Bertz CT molecular complexity index is 900. The van der Waals surface area contributed by atoms with Gasteiger partial charge in [0.1, 0.15) is 0 Å². The van der Waals surface area contributed by atoms with Gasteiger partial charge in [0.15, 0.2) is 5.13 Å². The Morgan fingerprint density at radius 2 is 2.12 bits per heavy atom. The Labute approximate surface area is 151 Å². The number of fused-ring (bicyclic) bond motifs is 1. The summed E-state index contributed by atoms with van der Waals surface area (Å²) in [6.07, 6.45) is 5.55. The number of hydrogen-bond acceptors (Lipinski definition) is 4. The van der Waals surface area contributed by atoms with Crippen LogP contribution in [0.1, 0.15) is 43.7 Å². The number of anilines is 1. The van der Waals surface area contributed by atoms with Crippen LogP contribution in [0.4, 0.5) is 5.13 Å². The smallest absolute Gasteiger partial charge is 0.232 e. The summed E-state index contributed by atoms with van der Waals surface area (Å²) in [5, 5.41) is 0.795. The van der Waals surface area contributed by atoms with E-state index in [1.54, 1.807) is 17.5 Å². The lowest BCUT2D eigenvalue weighted by Crippen LogP contribution is -2.31. The van der Waals surface area contributed by atoms with Gasteiger partial charge in [-0.1, -0.05) is 43.4 Å². The molecule has 128 valence electrons. The van der Waals surface area contributed by atoms with Crippen LogP contribution in [-0.4, -0.2) is 15.9 Å². The van der Waals surface area contributed by atoms with E-state index >= 15 is 0 Å². The number of carbonyl (C=O) groups is 1. The molecule has 0 spiro atoms. The topological polar surface area (TPSA) is 46.1 Å². The number of amides is 1. The molecular weight excluding hydrogens is 330 g/mol. The molecule has 1 aliphatic rings. The van der Waals surface area contributed by atoms with E-state index in [4.69, 9.17) is 4.98 Å². The van der Waals surface area contributed by atoms with Crippen LogP contribution in [0.5, 0.6) is 0 Å². The minimum atomic E-state index is 0.160. The van der Waals surface area contributed by atoms with Gasteiger partial charge in [0, 0.05) is 18.3 Å². The number of hydrogen-bond donors (Lipinski definition) is 0. The van der Waals surface area contributed by atoms with E-state index in [1.807, 2.05) is 23.2 Å². The van der Waals surface area contributed by atoms with Crippen LogP contribution in [0.15, 0.2) is 42.7 Å². The minimum absolute atomic E-state index is 0.160. The summed E-state index contributed by atoms with van der Waals surface area (Å²) in [4.78, 5) is 23.8. The highest BCUT2D eigenvalue weighted by molar-refractivity contribution is 7.22. The molecule has 0 atom stereocenters. The van der Waals surface area contributed by atoms with Crippen molar-refractivity contribution in [3.63, 3.8) is 0 Å². The van der Waals surface area contributed by atoms with Crippen molar-refractivity contribution >= 4 is 32.6 Å². The van der Waals surface area contributed by atoms with Crippen molar-refractivity contribution in [2.75, 3.05) is 4.90 Å². The standard InChI is InChI=1S/C20H21N3OS/c1-13(2)16-6-3-7-17-18(16)22-20(25-17)23(19(24)15-8-9-15)12-14-5-4-10-21-11-14/h3-7,10-11,13,15H,8-9,12H2,1-2H3. The Morgan fingerprint density at radius 3 is 2.80 bits per heavy atom. The van der Waals surface area contributed by atoms with Crippen molar-refractivity contribution < 1.29 is 4.79 Å². The molecule has 25 heavy (non-hydrogen) atoms. The predicted octanol–water partition coefficient (Wildman–Crippen LogP) is 4.76. The third-order valence-electron chi connectivity index (χ3n) is 4.55. The highest BCUT2D eigenvalue weighted by Gasteiger charge is 2.35. The third kappa shape index (κ3) is 3.29. The van der Waals surface area contributed by atoms with Crippen LogP contribution in [0.2, 0.25) is 0 Å². The zero-order valence-corrected chi connectivity index (χ0v) is 15.3. The molecule has 0 N–H and O–H groups in total. The van der Waals surface area contributed by atoms with Gasteiger partial charge in [-0.25, -0.2) is 4.98 Å². The number of benzene rings is 1. The number of para-hydroxylation sites is 1. The lowest BCUT2D eigenvalue weighted by atomic mass is 10.0. The molecular formula is C20H21N3OS. The molecule has 1 aromatic carbocycles. The van der Waals surface area contributed by atoms with Gasteiger partial charge in [0.2, 0.25) is 5.91 Å². The molecule has 0 aliphatic heterocycles. The number of aromatic nitrogens is 2. The zero-order chi connectivity index (χ0) is 17.4. The number of nitrogens with zero attached hydrogens (tertiary/aromatic N) is 3. The highest BCUT2D eigenvalue weighted by Crippen LogP contribution is 2.38. The van der Waals surface area contributed by atoms with Crippen LogP contribution in [0.25, 0.3) is 10.2 Å². The van der Waals surface area contributed by atoms with Gasteiger partial charge >= 0.3 is 0 Å². The first-order valence-corrected chi connectivity index (χ1v) is 9.55. The van der Waals surface area contributed by atoms with Gasteiger partial charge < -0.3 is 0 Å². The van der Waals surface area contributed by atoms with E-state index in [-0.39, 0.29) is 11.8 Å². The van der Waals surface area contributed by atoms with Gasteiger partial charge in [-0.3, -0.25) is 14.7 Å². The van der Waals surface area contributed by atoms with Crippen molar-refractivity contribution in [1.82, 2.24) is 9.97 Å². The number of pyridine rings is 1. The first-order valence-electron chi connectivity index (χ1n) is 8.73. The molecule has 3 aromatic rings. The van der Waals surface area contributed by atoms with Gasteiger partial charge in [-0.05, 0) is 42.0 Å². The van der Waals surface area contributed by atoms with Gasteiger partial charge in [0.05, 0.1) is 16.8 Å². The number of rotatable bonds is 5. The lowest BCUT2D eigenvalue weighted by Gasteiger charge is -2.19. The number of carbonyl (C=O) groups excluding carboxylic acids is 1. The molecule has 1 fully saturated rings. The largest absolute Gasteiger partial charge is 0.283 e. The predicted molar refractivity (Wildman–Crippen MR) is 102 cm³/mol. The summed E-state index contributed by atoms with van der Waals surface area (Å²) in [7, 11) is 0. The van der Waals surface area contributed by atoms with Crippen LogP contribution >= 0.6 is 11.3 Å². The fourth-order valence-electron chi connectivity index (χ4n) is 3.00. The molecule has 1 aliphatic carbocycles. The van der Waals surface area contributed by atoms with E-state index < -0.39 is 0 Å². The molecule has 2 heterocycles. The second kappa shape index (κ2) is 6.56. The van der Waals surface area contributed by atoms with E-state index in [2.05, 4.69) is 37.0 Å². The van der Waals surface area contributed by atoms with E-state index in [9.17, 15) is 4.79 Å². The van der Waals surface area contributed by atoms with Crippen molar-refractivity contribution in [3.05, 3.63) is 53.9 Å². The quantitative estimate of drug-likeness (QED) is 0.666. The van der Waals surface area contributed by atoms with E-state index in [1.165, 1.54) is 5.56 Å². The van der Waals surface area contributed by atoms with Crippen LogP contribution in [-0.2, 0) is 11.3 Å². The first-order chi connectivity index (χ1) is 12.1. The van der Waals surface area contributed by atoms with Crippen LogP contribution in [0.3, 0.4) is 0 Å². The Balaban J connectivity index is 1.75.